The van der Waals surface area contributed by atoms with Gasteiger partial charge in [-0.05, 0) is 66.8 Å². The molecule has 0 spiro atoms. The molecule has 3 nitrogen and oxygen atoms in total. The summed E-state index contributed by atoms with van der Waals surface area (Å²) in [7, 11) is 0. The SMILES string of the molecule is Cc1cccc2c(Br)nc(CC3CCCNC3)n12. The number of aryl methyl sites for hydroxylation is 1. The minimum atomic E-state index is 0.718. The Morgan fingerprint density at radius 2 is 2.39 bits per heavy atom. The number of fused-ring (bicyclic) bond motifs is 1. The Bertz CT molecular complexity index is 555. The van der Waals surface area contributed by atoms with Gasteiger partial charge in [0.15, 0.2) is 0 Å². The maximum Gasteiger partial charge on any atom is 0.132 e. The number of nitrogens with zero attached hydrogens (tertiary/aromatic N) is 2. The van der Waals surface area contributed by atoms with Crippen LogP contribution in [0.5, 0.6) is 0 Å². The lowest BCUT2D eigenvalue weighted by Crippen LogP contribution is -2.31. The number of piperidine rings is 1. The number of halogens is 1. The van der Waals surface area contributed by atoms with Crippen LogP contribution in [0.25, 0.3) is 5.52 Å². The summed E-state index contributed by atoms with van der Waals surface area (Å²) >= 11 is 3.57. The highest BCUT2D eigenvalue weighted by Crippen LogP contribution is 2.23. The van der Waals surface area contributed by atoms with Crippen LogP contribution in [0.2, 0.25) is 0 Å². The van der Waals surface area contributed by atoms with Gasteiger partial charge < -0.3 is 5.32 Å². The van der Waals surface area contributed by atoms with E-state index in [9.17, 15) is 0 Å². The molecule has 0 amide bonds. The molecule has 0 aliphatic carbocycles. The average Bonchev–Trinajstić information content (AvgIpc) is 2.69. The van der Waals surface area contributed by atoms with Crippen LogP contribution in [0.4, 0.5) is 0 Å². The number of nitrogens with one attached hydrogen (secondary N) is 1. The third kappa shape index (κ3) is 2.19. The zero-order valence-corrected chi connectivity index (χ0v) is 12.2. The van der Waals surface area contributed by atoms with E-state index in [1.807, 2.05) is 0 Å². The zero-order valence-electron chi connectivity index (χ0n) is 10.6. The molecule has 1 aliphatic heterocycles. The van der Waals surface area contributed by atoms with Gasteiger partial charge in [0.25, 0.3) is 0 Å². The highest BCUT2D eigenvalue weighted by Gasteiger charge is 2.18. The Hall–Kier alpha value is -0.870. The standard InChI is InChI=1S/C14H18BrN3/c1-10-4-2-6-12-14(15)17-13(18(10)12)8-11-5-3-7-16-9-11/h2,4,6,11,16H,3,5,7-9H2,1H3. The lowest BCUT2D eigenvalue weighted by atomic mass is 9.96. The number of rotatable bonds is 2. The molecule has 1 aliphatic rings. The summed E-state index contributed by atoms with van der Waals surface area (Å²) in [4.78, 5) is 4.70. The quantitative estimate of drug-likeness (QED) is 0.924. The van der Waals surface area contributed by atoms with Gasteiger partial charge in [0.1, 0.15) is 10.4 Å². The summed E-state index contributed by atoms with van der Waals surface area (Å²) in [5.74, 6) is 1.90. The Labute approximate surface area is 116 Å². The van der Waals surface area contributed by atoms with E-state index in [0.717, 1.165) is 23.5 Å². The smallest absolute Gasteiger partial charge is 0.132 e. The molecule has 2 aromatic rings. The summed E-state index contributed by atoms with van der Waals surface area (Å²) in [6.07, 6.45) is 3.66. The maximum atomic E-state index is 4.70. The van der Waals surface area contributed by atoms with E-state index in [4.69, 9.17) is 4.98 Å². The van der Waals surface area contributed by atoms with Crippen molar-refractivity contribution in [3.8, 4) is 0 Å². The van der Waals surface area contributed by atoms with Crippen LogP contribution in [-0.4, -0.2) is 22.5 Å². The molecular weight excluding hydrogens is 290 g/mol. The van der Waals surface area contributed by atoms with E-state index >= 15 is 0 Å². The topological polar surface area (TPSA) is 29.3 Å². The van der Waals surface area contributed by atoms with Crippen molar-refractivity contribution in [2.45, 2.75) is 26.2 Å². The Kier molecular flexibility index (Phi) is 3.39. The molecular formula is C14H18BrN3. The fourth-order valence-corrected chi connectivity index (χ4v) is 3.35. The molecule has 0 radical (unpaired) electrons. The molecule has 18 heavy (non-hydrogen) atoms. The second-order valence-electron chi connectivity index (χ2n) is 5.12. The number of imidazole rings is 1. The maximum absolute atomic E-state index is 4.70. The largest absolute Gasteiger partial charge is 0.316 e. The van der Waals surface area contributed by atoms with Crippen molar-refractivity contribution in [1.82, 2.24) is 14.7 Å². The van der Waals surface area contributed by atoms with Gasteiger partial charge in [-0.25, -0.2) is 4.98 Å². The molecule has 96 valence electrons. The van der Waals surface area contributed by atoms with E-state index in [1.165, 1.54) is 36.4 Å². The van der Waals surface area contributed by atoms with Crippen molar-refractivity contribution < 1.29 is 0 Å². The van der Waals surface area contributed by atoms with Gasteiger partial charge in [-0.2, -0.15) is 0 Å². The van der Waals surface area contributed by atoms with Crippen molar-refractivity contribution >= 4 is 21.4 Å². The van der Waals surface area contributed by atoms with Crippen LogP contribution in [0.3, 0.4) is 0 Å². The van der Waals surface area contributed by atoms with E-state index < -0.39 is 0 Å². The van der Waals surface area contributed by atoms with Crippen molar-refractivity contribution in [3.63, 3.8) is 0 Å². The third-order valence-electron chi connectivity index (χ3n) is 3.75. The highest BCUT2D eigenvalue weighted by molar-refractivity contribution is 9.10. The van der Waals surface area contributed by atoms with Crippen LogP contribution in [0.1, 0.15) is 24.4 Å². The predicted octanol–water partition coefficient (Wildman–Crippen LogP) is 2.95. The molecule has 1 N–H and O–H groups in total. The number of hydrogen-bond donors (Lipinski definition) is 1. The van der Waals surface area contributed by atoms with Crippen LogP contribution < -0.4 is 5.32 Å². The van der Waals surface area contributed by atoms with Gasteiger partial charge in [0, 0.05) is 12.1 Å². The molecule has 3 heterocycles. The lowest BCUT2D eigenvalue weighted by Gasteiger charge is -2.22. The molecule has 3 rings (SSSR count). The molecule has 1 fully saturated rings. The monoisotopic (exact) mass is 307 g/mol. The normalized spacial score (nSPS) is 20.4. The molecule has 1 unspecified atom stereocenters. The van der Waals surface area contributed by atoms with Gasteiger partial charge in [-0.1, -0.05) is 6.07 Å². The fourth-order valence-electron chi connectivity index (χ4n) is 2.84. The molecule has 2 aromatic heterocycles. The first-order valence-electron chi connectivity index (χ1n) is 6.59. The minimum Gasteiger partial charge on any atom is -0.316 e. The first-order valence-corrected chi connectivity index (χ1v) is 7.38. The zero-order chi connectivity index (χ0) is 12.5. The van der Waals surface area contributed by atoms with Crippen LogP contribution in [-0.2, 0) is 6.42 Å². The van der Waals surface area contributed by atoms with Crippen molar-refractivity contribution in [1.29, 1.82) is 0 Å². The third-order valence-corrected chi connectivity index (χ3v) is 4.34. The van der Waals surface area contributed by atoms with Crippen molar-refractivity contribution in [2.24, 2.45) is 5.92 Å². The van der Waals surface area contributed by atoms with Crippen LogP contribution >= 0.6 is 15.9 Å². The second-order valence-corrected chi connectivity index (χ2v) is 5.87. The van der Waals surface area contributed by atoms with E-state index in [2.05, 4.69) is 50.8 Å². The highest BCUT2D eigenvalue weighted by atomic mass is 79.9. The van der Waals surface area contributed by atoms with Gasteiger partial charge in [-0.3, -0.25) is 4.40 Å². The van der Waals surface area contributed by atoms with Gasteiger partial charge in [-0.15, -0.1) is 0 Å². The number of hydrogen-bond acceptors (Lipinski definition) is 2. The van der Waals surface area contributed by atoms with Crippen LogP contribution in [0, 0.1) is 12.8 Å². The number of aromatic nitrogens is 2. The molecule has 1 atom stereocenters. The summed E-state index contributed by atoms with van der Waals surface area (Å²) in [6, 6.07) is 6.35. The molecule has 0 bridgehead atoms. The Morgan fingerprint density at radius 3 is 3.17 bits per heavy atom. The average molecular weight is 308 g/mol. The predicted molar refractivity (Wildman–Crippen MR) is 76.9 cm³/mol. The van der Waals surface area contributed by atoms with Gasteiger partial charge in [0.05, 0.1) is 5.52 Å². The van der Waals surface area contributed by atoms with Crippen molar-refractivity contribution in [3.05, 3.63) is 34.3 Å². The summed E-state index contributed by atoms with van der Waals surface area (Å²) in [5, 5.41) is 3.48. The summed E-state index contributed by atoms with van der Waals surface area (Å²) in [5.41, 5.74) is 2.43. The fraction of sp³-hybridized carbons (Fsp3) is 0.500. The van der Waals surface area contributed by atoms with Crippen LogP contribution in [0.15, 0.2) is 22.8 Å². The van der Waals surface area contributed by atoms with Gasteiger partial charge in [0.2, 0.25) is 0 Å². The van der Waals surface area contributed by atoms with E-state index in [-0.39, 0.29) is 0 Å². The Morgan fingerprint density at radius 1 is 1.50 bits per heavy atom. The Balaban J connectivity index is 1.96. The first-order chi connectivity index (χ1) is 8.75. The summed E-state index contributed by atoms with van der Waals surface area (Å²) < 4.78 is 3.24. The van der Waals surface area contributed by atoms with Crippen molar-refractivity contribution in [2.75, 3.05) is 13.1 Å². The second kappa shape index (κ2) is 5.02. The molecule has 1 saturated heterocycles. The van der Waals surface area contributed by atoms with Gasteiger partial charge >= 0.3 is 0 Å². The molecule has 4 heteroatoms. The minimum absolute atomic E-state index is 0.718. The first kappa shape index (κ1) is 12.2. The summed E-state index contributed by atoms with van der Waals surface area (Å²) in [6.45, 7) is 4.43. The number of pyridine rings is 1. The van der Waals surface area contributed by atoms with E-state index in [0.29, 0.717) is 0 Å². The van der Waals surface area contributed by atoms with E-state index in [1.54, 1.807) is 0 Å². The molecule has 0 saturated carbocycles. The molecule has 0 aromatic carbocycles. The lowest BCUT2D eigenvalue weighted by molar-refractivity contribution is 0.370.